The second-order valence-electron chi connectivity index (χ2n) is 18.6. The average molecular weight is 958 g/mol. The van der Waals surface area contributed by atoms with Gasteiger partial charge in [-0.25, -0.2) is 0 Å². The molecule has 0 bridgehead atoms. The molecule has 392 valence electrons. The highest BCUT2D eigenvalue weighted by Gasteiger charge is 2.19. The van der Waals surface area contributed by atoms with E-state index in [2.05, 4.69) is 106 Å². The molecule has 0 amide bonds. The molecule has 6 nitrogen and oxygen atoms in total. The molecule has 0 aliphatic carbocycles. The van der Waals surface area contributed by atoms with Gasteiger partial charge in [0.15, 0.2) is 6.10 Å². The maximum absolute atomic E-state index is 12.8. The Kier molecular flexibility index (Phi) is 53.4. The number of carbonyl (C=O) groups excluding carboxylic acids is 3. The predicted octanol–water partition coefficient (Wildman–Crippen LogP) is 19.1. The third kappa shape index (κ3) is 54.9. The fourth-order valence-electron chi connectivity index (χ4n) is 7.58. The minimum Gasteiger partial charge on any atom is -0.462 e. The molecule has 0 aliphatic heterocycles. The highest BCUT2D eigenvalue weighted by Crippen LogP contribution is 2.15. The van der Waals surface area contributed by atoms with Crippen LogP contribution in [0.4, 0.5) is 0 Å². The van der Waals surface area contributed by atoms with Crippen LogP contribution >= 0.6 is 0 Å². The third-order valence-corrected chi connectivity index (χ3v) is 11.9. The maximum Gasteiger partial charge on any atom is 0.306 e. The summed E-state index contributed by atoms with van der Waals surface area (Å²) in [6, 6.07) is 0. The Hall–Kier alpha value is -3.93. The first-order valence-electron chi connectivity index (χ1n) is 28.5. The summed E-state index contributed by atoms with van der Waals surface area (Å²) < 4.78 is 16.8. The van der Waals surface area contributed by atoms with E-state index in [-0.39, 0.29) is 37.5 Å². The molecule has 0 spiro atoms. The van der Waals surface area contributed by atoms with Crippen molar-refractivity contribution >= 4 is 17.9 Å². The van der Waals surface area contributed by atoms with Crippen LogP contribution < -0.4 is 0 Å². The van der Waals surface area contributed by atoms with Gasteiger partial charge in [-0.05, 0) is 77.0 Å². The van der Waals surface area contributed by atoms with Crippen molar-refractivity contribution in [2.45, 2.75) is 258 Å². The summed E-state index contributed by atoms with van der Waals surface area (Å²) >= 11 is 0. The summed E-state index contributed by atoms with van der Waals surface area (Å²) in [4.78, 5) is 38.1. The molecule has 0 aromatic carbocycles. The standard InChI is InChI=1S/C63H104O6/c1-4-7-10-13-16-19-22-25-28-31-33-35-38-41-44-47-50-53-56-62(65)68-59-60(58-67-61(64)55-52-49-46-43-40-37-34-30-27-24-21-18-15-12-9-6-3)69-63(66)57-54-51-48-45-42-39-36-32-29-26-23-20-17-14-11-8-5-2/h10,13,16-17,19-20,22,25-26,28-29,31,33,35-36,39,45,48,60H,4-9,11-12,14-15,18,21,23-24,27,30,32,34,37-38,40-44,46-47,49-59H2,1-3H3/b13-10-,19-16-,20-17-,25-22-,29-26-,31-28-,35-33-,39-36-,48-45-. The lowest BCUT2D eigenvalue weighted by Crippen LogP contribution is -2.30. The molecule has 1 unspecified atom stereocenters. The second-order valence-corrected chi connectivity index (χ2v) is 18.6. The van der Waals surface area contributed by atoms with Gasteiger partial charge in [-0.15, -0.1) is 0 Å². The smallest absolute Gasteiger partial charge is 0.306 e. The Morgan fingerprint density at radius 2 is 0.623 bits per heavy atom. The fraction of sp³-hybridized carbons (Fsp3) is 0.667. The van der Waals surface area contributed by atoms with Gasteiger partial charge in [0.1, 0.15) is 13.2 Å². The van der Waals surface area contributed by atoms with Crippen LogP contribution in [-0.2, 0) is 28.6 Å². The number of rotatable bonds is 50. The van der Waals surface area contributed by atoms with Gasteiger partial charge in [0.2, 0.25) is 0 Å². The lowest BCUT2D eigenvalue weighted by molar-refractivity contribution is -0.167. The topological polar surface area (TPSA) is 78.9 Å². The van der Waals surface area contributed by atoms with Crippen molar-refractivity contribution in [3.05, 3.63) is 109 Å². The van der Waals surface area contributed by atoms with Crippen molar-refractivity contribution in [1.82, 2.24) is 0 Å². The van der Waals surface area contributed by atoms with E-state index >= 15 is 0 Å². The number of unbranched alkanes of at least 4 members (excludes halogenated alkanes) is 25. The van der Waals surface area contributed by atoms with Gasteiger partial charge in [-0.2, -0.15) is 0 Å². The van der Waals surface area contributed by atoms with Crippen molar-refractivity contribution in [2.24, 2.45) is 0 Å². The molecule has 69 heavy (non-hydrogen) atoms. The first kappa shape index (κ1) is 65.1. The van der Waals surface area contributed by atoms with E-state index in [1.54, 1.807) is 0 Å². The molecule has 0 N–H and O–H groups in total. The molecule has 0 fully saturated rings. The first-order chi connectivity index (χ1) is 34.0. The van der Waals surface area contributed by atoms with Crippen LogP contribution in [0.2, 0.25) is 0 Å². The van der Waals surface area contributed by atoms with E-state index in [1.807, 2.05) is 24.3 Å². The quantitative estimate of drug-likeness (QED) is 0.0199. The summed E-state index contributed by atoms with van der Waals surface area (Å²) in [5.41, 5.74) is 0. The molecule has 0 saturated carbocycles. The Morgan fingerprint density at radius 1 is 0.304 bits per heavy atom. The third-order valence-electron chi connectivity index (χ3n) is 11.9. The molecule has 0 saturated heterocycles. The number of ether oxygens (including phenoxy) is 3. The van der Waals surface area contributed by atoms with Crippen LogP contribution in [0.25, 0.3) is 0 Å². The lowest BCUT2D eigenvalue weighted by atomic mass is 10.0. The SMILES string of the molecule is CCC\C=C/C=C\C=C/C=C\C=C/CCCCCCCC(=O)OCC(COC(=O)CCCCCCCCCCCCCCCCCC)OC(=O)CCC/C=C\C/C=C\C/C=C\C/C=C\CCCCC. The zero-order chi connectivity index (χ0) is 50.0. The highest BCUT2D eigenvalue weighted by molar-refractivity contribution is 5.71. The van der Waals surface area contributed by atoms with Crippen molar-refractivity contribution in [3.8, 4) is 0 Å². The molecule has 0 aromatic rings. The normalized spacial score (nSPS) is 12.9. The van der Waals surface area contributed by atoms with E-state index in [1.165, 1.54) is 116 Å². The van der Waals surface area contributed by atoms with Gasteiger partial charge < -0.3 is 14.2 Å². The van der Waals surface area contributed by atoms with Crippen molar-refractivity contribution in [3.63, 3.8) is 0 Å². The van der Waals surface area contributed by atoms with E-state index in [9.17, 15) is 14.4 Å². The molecular weight excluding hydrogens is 853 g/mol. The lowest BCUT2D eigenvalue weighted by Gasteiger charge is -2.18. The van der Waals surface area contributed by atoms with Crippen molar-refractivity contribution in [2.75, 3.05) is 13.2 Å². The molecule has 0 aromatic heterocycles. The van der Waals surface area contributed by atoms with Crippen LogP contribution in [0.5, 0.6) is 0 Å². The van der Waals surface area contributed by atoms with Crippen LogP contribution in [0.1, 0.15) is 252 Å². The summed E-state index contributed by atoms with van der Waals surface area (Å²) in [5, 5.41) is 0. The zero-order valence-electron chi connectivity index (χ0n) is 44.8. The summed E-state index contributed by atoms with van der Waals surface area (Å²) in [6.45, 7) is 6.46. The molecule has 0 radical (unpaired) electrons. The van der Waals surface area contributed by atoms with Crippen LogP contribution in [0.15, 0.2) is 109 Å². The Bertz CT molecular complexity index is 1420. The number of allylic oxidation sites excluding steroid dienone is 18. The summed E-state index contributed by atoms with van der Waals surface area (Å²) in [5.74, 6) is -0.988. The zero-order valence-corrected chi connectivity index (χ0v) is 44.8. The fourth-order valence-corrected chi connectivity index (χ4v) is 7.58. The van der Waals surface area contributed by atoms with Crippen LogP contribution in [0.3, 0.4) is 0 Å². The van der Waals surface area contributed by atoms with E-state index in [0.29, 0.717) is 19.3 Å². The van der Waals surface area contributed by atoms with Crippen molar-refractivity contribution < 1.29 is 28.6 Å². The maximum atomic E-state index is 12.8. The highest BCUT2D eigenvalue weighted by atomic mass is 16.6. The largest absolute Gasteiger partial charge is 0.462 e. The van der Waals surface area contributed by atoms with Gasteiger partial charge in [0.05, 0.1) is 0 Å². The average Bonchev–Trinajstić information content (AvgIpc) is 3.35. The summed E-state index contributed by atoms with van der Waals surface area (Å²) in [6.07, 6.45) is 76.4. The van der Waals surface area contributed by atoms with E-state index in [4.69, 9.17) is 14.2 Å². The molecule has 0 rings (SSSR count). The van der Waals surface area contributed by atoms with Gasteiger partial charge in [-0.1, -0.05) is 265 Å². The van der Waals surface area contributed by atoms with Crippen LogP contribution in [0, 0.1) is 0 Å². The predicted molar refractivity (Wildman–Crippen MR) is 297 cm³/mol. The molecule has 0 aliphatic rings. The minimum atomic E-state index is -0.818. The minimum absolute atomic E-state index is 0.108. The Morgan fingerprint density at radius 3 is 1.07 bits per heavy atom. The van der Waals surface area contributed by atoms with Crippen molar-refractivity contribution in [1.29, 1.82) is 0 Å². The van der Waals surface area contributed by atoms with E-state index in [0.717, 1.165) is 89.9 Å². The molecule has 1 atom stereocenters. The number of hydrogen-bond acceptors (Lipinski definition) is 6. The van der Waals surface area contributed by atoms with E-state index < -0.39 is 6.10 Å². The number of hydrogen-bond donors (Lipinski definition) is 0. The monoisotopic (exact) mass is 957 g/mol. The van der Waals surface area contributed by atoms with Crippen LogP contribution in [-0.4, -0.2) is 37.2 Å². The number of esters is 3. The second kappa shape index (κ2) is 56.7. The molecular formula is C63H104O6. The molecule has 0 heterocycles. The first-order valence-corrected chi connectivity index (χ1v) is 28.5. The molecule has 6 heteroatoms. The van der Waals surface area contributed by atoms with Gasteiger partial charge in [0.25, 0.3) is 0 Å². The number of carbonyl (C=O) groups is 3. The van der Waals surface area contributed by atoms with Gasteiger partial charge in [-0.3, -0.25) is 14.4 Å². The Balaban J connectivity index is 4.53. The van der Waals surface area contributed by atoms with Gasteiger partial charge in [0, 0.05) is 19.3 Å². The van der Waals surface area contributed by atoms with Gasteiger partial charge >= 0.3 is 17.9 Å². The Labute approximate surface area is 425 Å². The summed E-state index contributed by atoms with van der Waals surface area (Å²) in [7, 11) is 0.